The van der Waals surface area contributed by atoms with Crippen molar-refractivity contribution in [1.29, 1.82) is 0 Å². The molecule has 1 heterocycles. The molecule has 2 aromatic carbocycles. The number of carboxylic acids is 1. The van der Waals surface area contributed by atoms with E-state index in [9.17, 15) is 4.79 Å². The van der Waals surface area contributed by atoms with Gasteiger partial charge in [-0.3, -0.25) is 0 Å². The number of rotatable bonds is 2. The quantitative estimate of drug-likeness (QED) is 0.900. The first-order valence-corrected chi connectivity index (χ1v) is 6.79. The Morgan fingerprint density at radius 3 is 2.65 bits per heavy atom. The number of carbonyl (C=O) groups is 1. The Balaban J connectivity index is 2.07. The van der Waals surface area contributed by atoms with Gasteiger partial charge in [0.25, 0.3) is 0 Å². The fraction of sp³-hybridized carbons (Fsp3) is 0.235. The van der Waals surface area contributed by atoms with E-state index in [4.69, 9.17) is 5.11 Å². The van der Waals surface area contributed by atoms with Crippen LogP contribution in [0.5, 0.6) is 0 Å². The predicted molar refractivity (Wildman–Crippen MR) is 79.9 cm³/mol. The van der Waals surface area contributed by atoms with Gasteiger partial charge in [0.1, 0.15) is 0 Å². The lowest BCUT2D eigenvalue weighted by atomic mass is 10.1. The molecule has 1 aliphatic heterocycles. The van der Waals surface area contributed by atoms with Gasteiger partial charge in [0.15, 0.2) is 0 Å². The minimum absolute atomic E-state index is 0.339. The van der Waals surface area contributed by atoms with E-state index in [0.717, 1.165) is 17.7 Å². The van der Waals surface area contributed by atoms with Crippen LogP contribution in [-0.4, -0.2) is 17.1 Å². The highest BCUT2D eigenvalue weighted by Crippen LogP contribution is 2.39. The van der Waals surface area contributed by atoms with Crippen molar-refractivity contribution in [3.63, 3.8) is 0 Å². The average molecular weight is 267 g/mol. The monoisotopic (exact) mass is 267 g/mol. The summed E-state index contributed by atoms with van der Waals surface area (Å²) in [7, 11) is 0. The van der Waals surface area contributed by atoms with E-state index in [1.807, 2.05) is 19.1 Å². The minimum Gasteiger partial charge on any atom is -0.478 e. The molecule has 0 aromatic heterocycles. The highest BCUT2D eigenvalue weighted by molar-refractivity contribution is 5.89. The summed E-state index contributed by atoms with van der Waals surface area (Å²) in [5.41, 5.74) is 5.00. The molecule has 102 valence electrons. The zero-order chi connectivity index (χ0) is 14.3. The molecule has 3 nitrogen and oxygen atoms in total. The van der Waals surface area contributed by atoms with Crippen molar-refractivity contribution < 1.29 is 9.90 Å². The fourth-order valence-electron chi connectivity index (χ4n) is 2.99. The van der Waals surface area contributed by atoms with Crippen molar-refractivity contribution in [2.24, 2.45) is 0 Å². The van der Waals surface area contributed by atoms with Crippen LogP contribution in [0.2, 0.25) is 0 Å². The third-order valence-electron chi connectivity index (χ3n) is 3.91. The fourth-order valence-corrected chi connectivity index (χ4v) is 2.99. The van der Waals surface area contributed by atoms with E-state index in [1.54, 1.807) is 12.1 Å². The summed E-state index contributed by atoms with van der Waals surface area (Å²) < 4.78 is 0. The number of para-hydroxylation sites is 1. The average Bonchev–Trinajstić information content (AvgIpc) is 2.74. The largest absolute Gasteiger partial charge is 0.478 e. The van der Waals surface area contributed by atoms with Gasteiger partial charge < -0.3 is 10.0 Å². The van der Waals surface area contributed by atoms with Crippen LogP contribution >= 0.6 is 0 Å². The molecule has 0 saturated carbocycles. The first kappa shape index (κ1) is 12.7. The van der Waals surface area contributed by atoms with Crippen molar-refractivity contribution in [3.05, 3.63) is 59.2 Å². The Hall–Kier alpha value is -2.29. The third-order valence-corrected chi connectivity index (χ3v) is 3.91. The molecule has 1 atom stereocenters. The molecular formula is C17H17NO2. The maximum atomic E-state index is 11.0. The Morgan fingerprint density at radius 1 is 1.20 bits per heavy atom. The number of aromatic carboxylic acids is 1. The van der Waals surface area contributed by atoms with E-state index >= 15 is 0 Å². The summed E-state index contributed by atoms with van der Waals surface area (Å²) in [5, 5.41) is 9.06. The molecule has 20 heavy (non-hydrogen) atoms. The molecule has 1 N–H and O–H groups in total. The molecule has 0 radical (unpaired) electrons. The van der Waals surface area contributed by atoms with Crippen LogP contribution in [-0.2, 0) is 6.42 Å². The molecule has 3 rings (SSSR count). The first-order valence-electron chi connectivity index (χ1n) is 6.79. The van der Waals surface area contributed by atoms with Gasteiger partial charge in [-0.1, -0.05) is 18.2 Å². The zero-order valence-electron chi connectivity index (χ0n) is 11.6. The number of hydrogen-bond acceptors (Lipinski definition) is 2. The first-order chi connectivity index (χ1) is 9.58. The van der Waals surface area contributed by atoms with Crippen molar-refractivity contribution >= 4 is 17.3 Å². The van der Waals surface area contributed by atoms with Crippen LogP contribution in [0.4, 0.5) is 11.4 Å². The van der Waals surface area contributed by atoms with Gasteiger partial charge in [-0.2, -0.15) is 0 Å². The van der Waals surface area contributed by atoms with Gasteiger partial charge in [-0.25, -0.2) is 4.79 Å². The smallest absolute Gasteiger partial charge is 0.335 e. The second-order valence-electron chi connectivity index (χ2n) is 5.36. The van der Waals surface area contributed by atoms with Crippen LogP contribution in [0.25, 0.3) is 0 Å². The molecule has 2 aromatic rings. The molecular weight excluding hydrogens is 250 g/mol. The number of nitrogens with zero attached hydrogens (tertiary/aromatic N) is 1. The molecule has 1 unspecified atom stereocenters. The maximum absolute atomic E-state index is 11.0. The Morgan fingerprint density at radius 2 is 1.95 bits per heavy atom. The number of anilines is 2. The number of aryl methyl sites for hydroxylation is 1. The van der Waals surface area contributed by atoms with Gasteiger partial charge >= 0.3 is 5.97 Å². The van der Waals surface area contributed by atoms with Gasteiger partial charge in [0, 0.05) is 17.4 Å². The van der Waals surface area contributed by atoms with Crippen LogP contribution < -0.4 is 4.90 Å². The summed E-state index contributed by atoms with van der Waals surface area (Å²) >= 11 is 0. The van der Waals surface area contributed by atoms with Crippen molar-refractivity contribution in [2.45, 2.75) is 26.3 Å². The van der Waals surface area contributed by atoms with Crippen molar-refractivity contribution in [3.8, 4) is 0 Å². The number of benzene rings is 2. The Kier molecular flexibility index (Phi) is 2.97. The lowest BCUT2D eigenvalue weighted by Crippen LogP contribution is -2.24. The third kappa shape index (κ3) is 1.95. The van der Waals surface area contributed by atoms with Crippen LogP contribution in [0.3, 0.4) is 0 Å². The minimum atomic E-state index is -0.880. The van der Waals surface area contributed by atoms with E-state index in [1.165, 1.54) is 11.3 Å². The van der Waals surface area contributed by atoms with Gasteiger partial charge in [-0.15, -0.1) is 0 Å². The lowest BCUT2D eigenvalue weighted by Gasteiger charge is -2.27. The maximum Gasteiger partial charge on any atom is 0.335 e. The van der Waals surface area contributed by atoms with E-state index < -0.39 is 5.97 Å². The normalized spacial score (nSPS) is 17.1. The predicted octanol–water partition coefficient (Wildman–Crippen LogP) is 3.78. The topological polar surface area (TPSA) is 40.5 Å². The standard InChI is InChI=1S/C17H17NO2/c1-11-9-14(17(19)20)7-8-15(11)18-12(2)10-13-5-3-4-6-16(13)18/h3-9,12H,10H2,1-2H3,(H,19,20). The van der Waals surface area contributed by atoms with E-state index in [0.29, 0.717) is 11.6 Å². The molecule has 1 aliphatic rings. The summed E-state index contributed by atoms with van der Waals surface area (Å²) in [6, 6.07) is 14.1. The van der Waals surface area contributed by atoms with Gasteiger partial charge in [-0.05, 0) is 55.7 Å². The van der Waals surface area contributed by atoms with Crippen LogP contribution in [0, 0.1) is 6.92 Å². The van der Waals surface area contributed by atoms with E-state index in [-0.39, 0.29) is 0 Å². The number of carboxylic acid groups (broad SMARTS) is 1. The second kappa shape index (κ2) is 4.67. The van der Waals surface area contributed by atoms with Crippen LogP contribution in [0.15, 0.2) is 42.5 Å². The summed E-state index contributed by atoms with van der Waals surface area (Å²) in [5.74, 6) is -0.880. The SMILES string of the molecule is Cc1cc(C(=O)O)ccc1N1c2ccccc2CC1C. The zero-order valence-corrected chi connectivity index (χ0v) is 11.6. The van der Waals surface area contributed by atoms with Crippen LogP contribution in [0.1, 0.15) is 28.4 Å². The molecule has 0 bridgehead atoms. The molecule has 0 spiro atoms. The molecule has 0 aliphatic carbocycles. The second-order valence-corrected chi connectivity index (χ2v) is 5.36. The van der Waals surface area contributed by atoms with Gasteiger partial charge in [0.2, 0.25) is 0 Å². The van der Waals surface area contributed by atoms with Crippen molar-refractivity contribution in [2.75, 3.05) is 4.90 Å². The molecule has 3 heteroatoms. The van der Waals surface area contributed by atoms with Gasteiger partial charge in [0.05, 0.1) is 5.56 Å². The number of hydrogen-bond donors (Lipinski definition) is 1. The van der Waals surface area contributed by atoms with Crippen molar-refractivity contribution in [1.82, 2.24) is 0 Å². The highest BCUT2D eigenvalue weighted by Gasteiger charge is 2.27. The summed E-state index contributed by atoms with van der Waals surface area (Å²) in [6.45, 7) is 4.17. The molecule has 0 fully saturated rings. The lowest BCUT2D eigenvalue weighted by molar-refractivity contribution is 0.0697. The molecule has 0 amide bonds. The summed E-state index contributed by atoms with van der Waals surface area (Å²) in [6.07, 6.45) is 1.02. The Labute approximate surface area is 118 Å². The Bertz CT molecular complexity index is 678. The molecule has 0 saturated heterocycles. The summed E-state index contributed by atoms with van der Waals surface area (Å²) in [4.78, 5) is 13.3. The highest BCUT2D eigenvalue weighted by atomic mass is 16.4. The van der Waals surface area contributed by atoms with E-state index in [2.05, 4.69) is 30.0 Å². The number of fused-ring (bicyclic) bond motifs is 1.